The molecule has 0 aromatic rings. The Morgan fingerprint density at radius 1 is 0.852 bits per heavy atom. The molecule has 0 aromatic carbocycles. The van der Waals surface area contributed by atoms with Gasteiger partial charge in [-0.15, -0.1) is 0 Å². The highest BCUT2D eigenvalue weighted by Crippen LogP contribution is 2.17. The Hall–Kier alpha value is -0.670. The molecule has 1 aliphatic rings. The molecule has 0 aromatic heterocycles. The number of aliphatic imine (C=N–C) groups is 1. The van der Waals surface area contributed by atoms with E-state index in [1.807, 2.05) is 0 Å². The molecule has 0 bridgehead atoms. The summed E-state index contributed by atoms with van der Waals surface area (Å²) in [6.45, 7) is 8.54. The van der Waals surface area contributed by atoms with Gasteiger partial charge in [0.05, 0.1) is 19.7 Å². The second kappa shape index (κ2) is 16.3. The van der Waals surface area contributed by atoms with Crippen molar-refractivity contribution >= 4 is 5.84 Å². The van der Waals surface area contributed by atoms with Crippen LogP contribution in [0.5, 0.6) is 0 Å². The first-order valence-corrected chi connectivity index (χ1v) is 12.0. The molecule has 0 aliphatic carbocycles. The fourth-order valence-electron chi connectivity index (χ4n) is 4.20. The summed E-state index contributed by atoms with van der Waals surface area (Å²) in [6.07, 6.45) is 24.1. The van der Waals surface area contributed by atoms with Crippen LogP contribution in [0, 0.1) is 0 Å². The van der Waals surface area contributed by atoms with E-state index in [4.69, 9.17) is 0 Å². The summed E-state index contributed by atoms with van der Waals surface area (Å²) in [5, 5.41) is 9.35. The largest absolute Gasteiger partial charge is 0.390 e. The molecule has 0 saturated heterocycles. The lowest BCUT2D eigenvalue weighted by atomic mass is 10.0. The van der Waals surface area contributed by atoms with Crippen LogP contribution in [0.4, 0.5) is 0 Å². The highest BCUT2D eigenvalue weighted by molar-refractivity contribution is 5.88. The van der Waals surface area contributed by atoms with E-state index < -0.39 is 0 Å². The number of unbranched alkanes of at least 4 members (excludes halogenated alkanes) is 13. The Bertz CT molecular complexity index is 405. The molecular weight excluding hydrogens is 332 g/mol. The van der Waals surface area contributed by atoms with Gasteiger partial charge in [-0.3, -0.25) is 4.48 Å². The molecule has 0 fully saturated rings. The molecule has 1 atom stereocenters. The number of allylic oxidation sites excluding steroid dienone is 1. The summed E-state index contributed by atoms with van der Waals surface area (Å²) in [7, 11) is 0. The lowest BCUT2D eigenvalue weighted by Gasteiger charge is -2.31. The minimum absolute atomic E-state index is 0.250. The van der Waals surface area contributed by atoms with E-state index in [0.29, 0.717) is 0 Å². The second-order valence-electron chi connectivity index (χ2n) is 8.31. The van der Waals surface area contributed by atoms with Crippen molar-refractivity contribution in [2.45, 2.75) is 104 Å². The summed E-state index contributed by atoms with van der Waals surface area (Å²) in [5.41, 5.74) is 0. The normalized spacial score (nSPS) is 19.9. The van der Waals surface area contributed by atoms with Gasteiger partial charge in [0.25, 0.3) is 0 Å². The van der Waals surface area contributed by atoms with Crippen molar-refractivity contribution in [2.75, 3.05) is 32.8 Å². The smallest absolute Gasteiger partial charge is 0.222 e. The lowest BCUT2D eigenvalue weighted by Crippen LogP contribution is -2.51. The Morgan fingerprint density at radius 3 is 1.93 bits per heavy atom. The van der Waals surface area contributed by atoms with Gasteiger partial charge in [-0.05, 0) is 19.8 Å². The summed E-state index contributed by atoms with van der Waals surface area (Å²) in [6, 6.07) is 0. The van der Waals surface area contributed by atoms with Crippen molar-refractivity contribution in [3.05, 3.63) is 12.2 Å². The van der Waals surface area contributed by atoms with E-state index in [1.54, 1.807) is 0 Å². The van der Waals surface area contributed by atoms with Gasteiger partial charge in [0, 0.05) is 6.08 Å². The topological polar surface area (TPSA) is 32.6 Å². The molecule has 1 heterocycles. The monoisotopic (exact) mass is 379 g/mol. The number of rotatable bonds is 18. The number of aliphatic hydroxyl groups is 1. The first kappa shape index (κ1) is 24.4. The van der Waals surface area contributed by atoms with Gasteiger partial charge in [0.2, 0.25) is 5.84 Å². The maximum Gasteiger partial charge on any atom is 0.222 e. The molecule has 3 nitrogen and oxygen atoms in total. The fourth-order valence-corrected chi connectivity index (χ4v) is 4.20. The lowest BCUT2D eigenvalue weighted by molar-refractivity contribution is -0.832. The zero-order valence-electron chi connectivity index (χ0n) is 18.4. The van der Waals surface area contributed by atoms with Crippen LogP contribution < -0.4 is 0 Å². The van der Waals surface area contributed by atoms with E-state index >= 15 is 0 Å². The van der Waals surface area contributed by atoms with E-state index in [-0.39, 0.29) is 6.61 Å². The molecule has 0 amide bonds. The number of likely N-dealkylation sites (N-methyl/N-ethyl adjacent to an activating group) is 1. The molecule has 0 saturated carbocycles. The Kier molecular flexibility index (Phi) is 14.7. The van der Waals surface area contributed by atoms with Gasteiger partial charge < -0.3 is 5.11 Å². The number of hydrogen-bond donors (Lipinski definition) is 1. The molecule has 0 spiro atoms. The minimum Gasteiger partial charge on any atom is -0.390 e. The predicted octanol–water partition coefficient (Wildman–Crippen LogP) is 6.27. The summed E-state index contributed by atoms with van der Waals surface area (Å²) >= 11 is 0. The van der Waals surface area contributed by atoms with Crippen LogP contribution in [0.15, 0.2) is 17.1 Å². The third-order valence-electron chi connectivity index (χ3n) is 6.16. The van der Waals surface area contributed by atoms with Crippen LogP contribution in [-0.4, -0.2) is 48.2 Å². The molecule has 27 heavy (non-hydrogen) atoms. The highest BCUT2D eigenvalue weighted by Gasteiger charge is 2.34. The van der Waals surface area contributed by atoms with Gasteiger partial charge in [0.1, 0.15) is 13.1 Å². The highest BCUT2D eigenvalue weighted by atomic mass is 16.3. The number of amidine groups is 1. The van der Waals surface area contributed by atoms with Crippen molar-refractivity contribution in [1.82, 2.24) is 0 Å². The standard InChI is InChI=1S/C24H47N2O/c1-3-5-6-7-8-9-10-11-12-13-14-15-16-17-18-19-24-25-20-21-26(24,4-2)22-23-27/h18-19,27H,3-17,20-23H2,1-2H3/q+1. The zero-order chi connectivity index (χ0) is 19.6. The van der Waals surface area contributed by atoms with E-state index in [0.717, 1.165) is 30.7 Å². The SMILES string of the molecule is CCCCCCCCCCCCCCCC=CC1=NCC[N+]1(CC)CCO. The van der Waals surface area contributed by atoms with E-state index in [2.05, 4.69) is 31.0 Å². The van der Waals surface area contributed by atoms with Crippen LogP contribution >= 0.6 is 0 Å². The summed E-state index contributed by atoms with van der Waals surface area (Å²) < 4.78 is 0.867. The molecule has 158 valence electrons. The average Bonchev–Trinajstić information content (AvgIpc) is 3.08. The quantitative estimate of drug-likeness (QED) is 0.221. The minimum atomic E-state index is 0.250. The van der Waals surface area contributed by atoms with Crippen LogP contribution in [0.2, 0.25) is 0 Å². The van der Waals surface area contributed by atoms with E-state index in [1.165, 1.54) is 95.7 Å². The molecular formula is C24H47N2O+. The number of quaternary nitrogens is 1. The molecule has 3 heteroatoms. The van der Waals surface area contributed by atoms with Crippen molar-refractivity contribution in [3.63, 3.8) is 0 Å². The first-order valence-electron chi connectivity index (χ1n) is 12.0. The van der Waals surface area contributed by atoms with Gasteiger partial charge in [-0.1, -0.05) is 90.0 Å². The molecule has 1 aliphatic heterocycles. The third kappa shape index (κ3) is 10.4. The number of aliphatic hydroxyl groups excluding tert-OH is 1. The third-order valence-corrected chi connectivity index (χ3v) is 6.16. The summed E-state index contributed by atoms with van der Waals surface area (Å²) in [5.74, 6) is 1.18. The zero-order valence-corrected chi connectivity index (χ0v) is 18.4. The van der Waals surface area contributed by atoms with Crippen molar-refractivity contribution in [2.24, 2.45) is 4.99 Å². The maximum atomic E-state index is 9.35. The van der Waals surface area contributed by atoms with E-state index in [9.17, 15) is 5.11 Å². The van der Waals surface area contributed by atoms with Crippen LogP contribution in [-0.2, 0) is 0 Å². The predicted molar refractivity (Wildman–Crippen MR) is 119 cm³/mol. The molecule has 1 N–H and O–H groups in total. The van der Waals surface area contributed by atoms with Gasteiger partial charge in [-0.2, -0.15) is 0 Å². The Morgan fingerprint density at radius 2 is 1.41 bits per heavy atom. The van der Waals surface area contributed by atoms with Crippen molar-refractivity contribution < 1.29 is 9.59 Å². The molecule has 1 unspecified atom stereocenters. The van der Waals surface area contributed by atoms with Gasteiger partial charge in [0.15, 0.2) is 0 Å². The maximum absolute atomic E-state index is 9.35. The van der Waals surface area contributed by atoms with Crippen molar-refractivity contribution in [3.8, 4) is 0 Å². The van der Waals surface area contributed by atoms with Crippen molar-refractivity contribution in [1.29, 1.82) is 0 Å². The van der Waals surface area contributed by atoms with Crippen LogP contribution in [0.3, 0.4) is 0 Å². The Labute approximate surface area is 169 Å². The number of nitrogens with zero attached hydrogens (tertiary/aromatic N) is 2. The number of hydrogen-bond acceptors (Lipinski definition) is 2. The summed E-state index contributed by atoms with van der Waals surface area (Å²) in [4.78, 5) is 4.67. The Balaban J connectivity index is 1.95. The fraction of sp³-hybridized carbons (Fsp3) is 0.875. The second-order valence-corrected chi connectivity index (χ2v) is 8.31. The molecule has 0 radical (unpaired) electrons. The van der Waals surface area contributed by atoms with Crippen LogP contribution in [0.1, 0.15) is 104 Å². The first-order chi connectivity index (χ1) is 13.3. The van der Waals surface area contributed by atoms with Gasteiger partial charge in [-0.25, -0.2) is 4.99 Å². The average molecular weight is 380 g/mol. The van der Waals surface area contributed by atoms with Gasteiger partial charge >= 0.3 is 0 Å². The molecule has 1 rings (SSSR count). The van der Waals surface area contributed by atoms with Crippen LogP contribution in [0.25, 0.3) is 0 Å².